The molecule has 0 bridgehead atoms. The van der Waals surface area contributed by atoms with E-state index < -0.39 is 6.09 Å². The number of ether oxygens (including phenoxy) is 2. The maximum atomic E-state index is 13.2. The molecule has 1 aromatic heterocycles. The first-order valence-corrected chi connectivity index (χ1v) is 10.3. The molecule has 32 heavy (non-hydrogen) atoms. The van der Waals surface area contributed by atoms with Crippen LogP contribution in [0.1, 0.15) is 22.9 Å². The summed E-state index contributed by atoms with van der Waals surface area (Å²) in [7, 11) is 1.61. The van der Waals surface area contributed by atoms with Crippen LogP contribution in [0.3, 0.4) is 0 Å². The number of amides is 1. The lowest BCUT2D eigenvalue weighted by molar-refractivity contribution is 0.135. The van der Waals surface area contributed by atoms with Crippen molar-refractivity contribution in [3.8, 4) is 11.5 Å². The number of hydrogen-bond acceptors (Lipinski definition) is 4. The number of anilines is 1. The number of rotatable bonds is 3. The monoisotopic (exact) mass is 431 g/mol. The Morgan fingerprint density at radius 3 is 2.50 bits per heavy atom. The third-order valence-electron chi connectivity index (χ3n) is 5.84. The quantitative estimate of drug-likeness (QED) is 0.445. The van der Waals surface area contributed by atoms with Gasteiger partial charge in [0.25, 0.3) is 0 Å². The number of methoxy groups -OCH3 is 1. The van der Waals surface area contributed by atoms with E-state index in [2.05, 4.69) is 4.98 Å². The number of carbonyl (C=O) groups is 1. The van der Waals surface area contributed by atoms with Crippen molar-refractivity contribution in [2.24, 2.45) is 0 Å². The van der Waals surface area contributed by atoms with Gasteiger partial charge in [-0.3, -0.25) is 4.90 Å². The van der Waals surface area contributed by atoms with Crippen LogP contribution in [0.5, 0.6) is 11.5 Å². The van der Waals surface area contributed by atoms with Crippen LogP contribution in [0.15, 0.2) is 66.7 Å². The van der Waals surface area contributed by atoms with E-state index in [0.29, 0.717) is 24.4 Å². The predicted molar refractivity (Wildman–Crippen MR) is 120 cm³/mol. The summed E-state index contributed by atoms with van der Waals surface area (Å²) < 4.78 is 24.1. The average Bonchev–Trinajstić information content (AvgIpc) is 3.18. The molecule has 6 nitrogen and oxygen atoms in total. The molecule has 2 heterocycles. The van der Waals surface area contributed by atoms with Crippen molar-refractivity contribution in [2.45, 2.75) is 12.5 Å². The first kappa shape index (κ1) is 19.9. The average molecular weight is 431 g/mol. The summed E-state index contributed by atoms with van der Waals surface area (Å²) in [6.45, 7) is 0.464. The van der Waals surface area contributed by atoms with Gasteiger partial charge in [-0.15, -0.1) is 0 Å². The molecule has 7 heteroatoms. The normalized spacial score (nSPS) is 15.4. The van der Waals surface area contributed by atoms with Crippen LogP contribution in [0.4, 0.5) is 14.9 Å². The van der Waals surface area contributed by atoms with Crippen LogP contribution in [0.2, 0.25) is 0 Å². The van der Waals surface area contributed by atoms with Gasteiger partial charge >= 0.3 is 6.09 Å². The molecule has 1 amide bonds. The van der Waals surface area contributed by atoms with Crippen LogP contribution in [0.25, 0.3) is 10.9 Å². The van der Waals surface area contributed by atoms with Crippen molar-refractivity contribution in [2.75, 3.05) is 19.4 Å². The van der Waals surface area contributed by atoms with Crippen LogP contribution < -0.4 is 15.2 Å². The van der Waals surface area contributed by atoms with Crippen molar-refractivity contribution in [3.05, 3.63) is 89.4 Å². The molecule has 0 saturated carbocycles. The summed E-state index contributed by atoms with van der Waals surface area (Å²) in [6, 6.07) is 18.4. The van der Waals surface area contributed by atoms with E-state index in [-0.39, 0.29) is 11.9 Å². The van der Waals surface area contributed by atoms with Crippen molar-refractivity contribution < 1.29 is 18.7 Å². The van der Waals surface area contributed by atoms with Gasteiger partial charge in [0.1, 0.15) is 23.4 Å². The third-order valence-corrected chi connectivity index (χ3v) is 5.84. The van der Waals surface area contributed by atoms with Crippen molar-refractivity contribution in [1.82, 2.24) is 9.88 Å². The largest absolute Gasteiger partial charge is 0.497 e. The number of nitrogens with two attached hydrogens (primary N) is 1. The Kier molecular flexibility index (Phi) is 4.93. The molecule has 0 radical (unpaired) electrons. The highest BCUT2D eigenvalue weighted by Crippen LogP contribution is 2.39. The molecule has 3 aromatic carbocycles. The molecule has 1 aliphatic heterocycles. The van der Waals surface area contributed by atoms with Crippen molar-refractivity contribution in [3.63, 3.8) is 0 Å². The molecule has 0 aliphatic carbocycles. The highest BCUT2D eigenvalue weighted by Gasteiger charge is 2.35. The van der Waals surface area contributed by atoms with Gasteiger partial charge < -0.3 is 20.2 Å². The number of benzene rings is 3. The number of aromatic nitrogens is 1. The topological polar surface area (TPSA) is 80.6 Å². The number of nitrogens with zero attached hydrogens (tertiary/aromatic N) is 1. The fourth-order valence-electron chi connectivity index (χ4n) is 4.30. The second kappa shape index (κ2) is 7.92. The minimum absolute atomic E-state index is 0.292. The minimum Gasteiger partial charge on any atom is -0.497 e. The van der Waals surface area contributed by atoms with Crippen LogP contribution in [-0.2, 0) is 6.42 Å². The fourth-order valence-corrected chi connectivity index (χ4v) is 4.30. The van der Waals surface area contributed by atoms with Gasteiger partial charge in [0.05, 0.1) is 7.11 Å². The molecule has 5 rings (SSSR count). The van der Waals surface area contributed by atoms with Crippen LogP contribution in [0, 0.1) is 5.82 Å². The Morgan fingerprint density at radius 2 is 1.78 bits per heavy atom. The molecule has 1 aliphatic rings. The summed E-state index contributed by atoms with van der Waals surface area (Å²) in [5.74, 6) is 0.635. The number of H-pyrrole nitrogens is 1. The summed E-state index contributed by atoms with van der Waals surface area (Å²) in [5.41, 5.74) is 10.7. The molecule has 4 aromatic rings. The van der Waals surface area contributed by atoms with Gasteiger partial charge in [0.15, 0.2) is 0 Å². The Bertz CT molecular complexity index is 1280. The predicted octanol–water partition coefficient (Wildman–Crippen LogP) is 5.04. The van der Waals surface area contributed by atoms with Gasteiger partial charge in [-0.2, -0.15) is 0 Å². The highest BCUT2D eigenvalue weighted by molar-refractivity contribution is 5.88. The molecule has 1 unspecified atom stereocenters. The Balaban J connectivity index is 1.57. The van der Waals surface area contributed by atoms with Crippen molar-refractivity contribution >= 4 is 22.7 Å². The van der Waals surface area contributed by atoms with Gasteiger partial charge in [-0.25, -0.2) is 9.18 Å². The number of nitrogens with one attached hydrogen (secondary N) is 1. The van der Waals surface area contributed by atoms with Gasteiger partial charge in [0, 0.05) is 28.8 Å². The molecular formula is C25H22FN3O3. The van der Waals surface area contributed by atoms with E-state index in [9.17, 15) is 9.18 Å². The maximum Gasteiger partial charge on any atom is 0.416 e. The van der Waals surface area contributed by atoms with E-state index in [4.69, 9.17) is 15.2 Å². The van der Waals surface area contributed by atoms with Crippen molar-refractivity contribution in [1.29, 1.82) is 0 Å². The van der Waals surface area contributed by atoms with E-state index >= 15 is 0 Å². The number of carbonyl (C=O) groups excluding carboxylic acids is 1. The lowest BCUT2D eigenvalue weighted by Crippen LogP contribution is -2.42. The molecule has 1 atom stereocenters. The summed E-state index contributed by atoms with van der Waals surface area (Å²) >= 11 is 0. The van der Waals surface area contributed by atoms with Crippen LogP contribution in [-0.4, -0.2) is 29.6 Å². The number of aromatic amines is 1. The fraction of sp³-hybridized carbons (Fsp3) is 0.160. The Hall–Kier alpha value is -4.00. The SMILES string of the molecule is COc1ccc(C2c3[nH]c4ccc(N)cc4c3CCN2C(=O)Oc2ccc(F)cc2)cc1. The smallest absolute Gasteiger partial charge is 0.416 e. The summed E-state index contributed by atoms with van der Waals surface area (Å²) in [6.07, 6.45) is 0.158. The Labute approximate surface area is 184 Å². The van der Waals surface area contributed by atoms with Gasteiger partial charge in [-0.05, 0) is 72.1 Å². The van der Waals surface area contributed by atoms with Crippen LogP contribution >= 0.6 is 0 Å². The number of halogens is 1. The first-order valence-electron chi connectivity index (χ1n) is 10.3. The van der Waals surface area contributed by atoms with E-state index in [0.717, 1.165) is 33.5 Å². The summed E-state index contributed by atoms with van der Waals surface area (Å²) in [4.78, 5) is 18.4. The zero-order valence-electron chi connectivity index (χ0n) is 17.5. The highest BCUT2D eigenvalue weighted by atomic mass is 19.1. The zero-order chi connectivity index (χ0) is 22.2. The van der Waals surface area contributed by atoms with Gasteiger partial charge in [-0.1, -0.05) is 12.1 Å². The lowest BCUT2D eigenvalue weighted by Gasteiger charge is -2.35. The molecule has 162 valence electrons. The maximum absolute atomic E-state index is 13.2. The minimum atomic E-state index is -0.499. The first-order chi connectivity index (χ1) is 15.5. The van der Waals surface area contributed by atoms with Gasteiger partial charge in [0.2, 0.25) is 0 Å². The molecule has 0 saturated heterocycles. The number of hydrogen-bond donors (Lipinski definition) is 2. The second-order valence-electron chi connectivity index (χ2n) is 7.76. The van der Waals surface area contributed by atoms with E-state index in [1.807, 2.05) is 42.5 Å². The zero-order valence-corrected chi connectivity index (χ0v) is 17.5. The third kappa shape index (κ3) is 3.51. The standard InChI is InChI=1S/C25H22FN3O3/c1-31-18-7-2-15(3-8-18)24-23-20(21-14-17(27)6-11-22(21)28-23)12-13-29(24)25(30)32-19-9-4-16(26)5-10-19/h2-11,14,24,28H,12-13,27H2,1H3. The second-order valence-corrected chi connectivity index (χ2v) is 7.76. The number of nitrogen functional groups attached to an aromatic ring is 1. The molecule has 3 N–H and O–H groups in total. The molecule has 0 spiro atoms. The van der Waals surface area contributed by atoms with E-state index in [1.54, 1.807) is 12.0 Å². The summed E-state index contributed by atoms with van der Waals surface area (Å²) in [5, 5.41) is 1.06. The lowest BCUT2D eigenvalue weighted by atomic mass is 9.92. The molecular weight excluding hydrogens is 409 g/mol. The number of fused-ring (bicyclic) bond motifs is 3. The van der Waals surface area contributed by atoms with E-state index in [1.165, 1.54) is 24.3 Å². The Morgan fingerprint density at radius 1 is 1.06 bits per heavy atom. The molecule has 0 fully saturated rings.